The Hall–Kier alpha value is -6.48. The molecule has 0 radical (unpaired) electrons. The zero-order chi connectivity index (χ0) is 53.1. The average Bonchev–Trinajstić information content (AvgIpc) is 4.18. The van der Waals surface area contributed by atoms with Crippen molar-refractivity contribution in [3.63, 3.8) is 0 Å². The van der Waals surface area contributed by atoms with Gasteiger partial charge in [-0.2, -0.15) is 0 Å². The Morgan fingerprint density at radius 2 is 1.55 bits per heavy atom. The van der Waals surface area contributed by atoms with Crippen LogP contribution in [0.5, 0.6) is 0 Å². The number of nitrogens with zero attached hydrogens (tertiary/aromatic N) is 10. The van der Waals surface area contributed by atoms with Gasteiger partial charge in [0.05, 0.1) is 59.1 Å². The normalized spacial score (nSPS) is 19.4. The molecule has 20 heteroatoms. The third kappa shape index (κ3) is 12.1. The van der Waals surface area contributed by atoms with Crippen LogP contribution in [0.1, 0.15) is 105 Å². The third-order valence-electron chi connectivity index (χ3n) is 15.3. The molecule has 7 heterocycles. The minimum atomic E-state index is -0.931. The molecule has 0 bridgehead atoms. The Kier molecular flexibility index (Phi) is 16.2. The number of rotatable bonds is 15. The summed E-state index contributed by atoms with van der Waals surface area (Å²) in [4.78, 5) is 110. The van der Waals surface area contributed by atoms with E-state index in [-0.39, 0.29) is 73.3 Å². The number of aromatic nitrogens is 5. The first kappa shape index (κ1) is 53.3. The summed E-state index contributed by atoms with van der Waals surface area (Å²) in [6.07, 6.45) is 7.01. The van der Waals surface area contributed by atoms with Gasteiger partial charge in [-0.05, 0) is 67.9 Å². The Morgan fingerprint density at radius 1 is 0.853 bits per heavy atom. The number of Topliss-reactive ketones (excluding diaryl/α,β-unsaturated/α-hetero) is 1. The molecule has 0 unspecified atom stereocenters. The number of likely N-dealkylation sites (tertiary alicyclic amines) is 1. The summed E-state index contributed by atoms with van der Waals surface area (Å²) in [7, 11) is 0. The molecule has 3 atom stereocenters. The first-order valence-corrected chi connectivity index (χ1v) is 27.2. The molecule has 9 rings (SSSR count). The van der Waals surface area contributed by atoms with Gasteiger partial charge in [0.2, 0.25) is 23.6 Å². The van der Waals surface area contributed by atoms with E-state index in [0.717, 1.165) is 64.1 Å². The molecule has 5 aromatic rings. The number of aliphatic hydroxyl groups is 1. The second kappa shape index (κ2) is 22.8. The van der Waals surface area contributed by atoms with Gasteiger partial charge in [0.25, 0.3) is 5.56 Å². The molecule has 4 aliphatic rings. The summed E-state index contributed by atoms with van der Waals surface area (Å²) >= 11 is 1.57. The molecule has 4 amide bonds. The van der Waals surface area contributed by atoms with Crippen molar-refractivity contribution < 1.29 is 29.1 Å². The van der Waals surface area contributed by atoms with Gasteiger partial charge in [0.15, 0.2) is 5.78 Å². The van der Waals surface area contributed by atoms with Gasteiger partial charge in [-0.3, -0.25) is 48.1 Å². The molecule has 4 aromatic heterocycles. The van der Waals surface area contributed by atoms with E-state index in [1.165, 1.54) is 11.8 Å². The number of aryl methyl sites for hydroxylation is 2. The number of aliphatic hydroxyl groups excluding tert-OH is 1. The molecule has 1 aromatic carbocycles. The fourth-order valence-electron chi connectivity index (χ4n) is 11.0. The largest absolute Gasteiger partial charge is 0.391 e. The van der Waals surface area contributed by atoms with E-state index in [9.17, 15) is 33.9 Å². The molecular weight excluding hydrogens is 973 g/mol. The van der Waals surface area contributed by atoms with Crippen molar-refractivity contribution in [2.24, 2.45) is 5.41 Å². The van der Waals surface area contributed by atoms with Crippen molar-refractivity contribution >= 4 is 57.5 Å². The van der Waals surface area contributed by atoms with Gasteiger partial charge in [-0.1, -0.05) is 57.9 Å². The summed E-state index contributed by atoms with van der Waals surface area (Å²) in [6.45, 7) is 16.3. The number of piperazine rings is 2. The van der Waals surface area contributed by atoms with Crippen molar-refractivity contribution in [3.05, 3.63) is 98.6 Å². The van der Waals surface area contributed by atoms with E-state index in [1.54, 1.807) is 29.0 Å². The Morgan fingerprint density at radius 3 is 2.17 bits per heavy atom. The number of carbonyl (C=O) groups is 5. The van der Waals surface area contributed by atoms with Crippen LogP contribution in [0.2, 0.25) is 0 Å². The van der Waals surface area contributed by atoms with E-state index in [0.29, 0.717) is 75.8 Å². The summed E-state index contributed by atoms with van der Waals surface area (Å²) in [6, 6.07) is 10.1. The molecule has 398 valence electrons. The van der Waals surface area contributed by atoms with Crippen LogP contribution in [-0.4, -0.2) is 169 Å². The third-order valence-corrected chi connectivity index (χ3v) is 16.3. The predicted octanol–water partition coefficient (Wildman–Crippen LogP) is 3.91. The Balaban J connectivity index is 0.715. The van der Waals surface area contributed by atoms with Gasteiger partial charge < -0.3 is 30.4 Å². The van der Waals surface area contributed by atoms with Gasteiger partial charge in [-0.25, -0.2) is 15.0 Å². The van der Waals surface area contributed by atoms with E-state index in [1.807, 2.05) is 85.6 Å². The smallest absolute Gasteiger partial charge is 0.263 e. The summed E-state index contributed by atoms with van der Waals surface area (Å²) in [5.74, 6) is -0.699. The van der Waals surface area contributed by atoms with Crippen molar-refractivity contribution in [1.29, 1.82) is 0 Å². The predicted molar refractivity (Wildman–Crippen MR) is 286 cm³/mol. The quantitative estimate of drug-likeness (QED) is 0.127. The van der Waals surface area contributed by atoms with Crippen LogP contribution < -0.4 is 21.1 Å². The number of ketones is 1. The highest BCUT2D eigenvalue weighted by molar-refractivity contribution is 7.13. The van der Waals surface area contributed by atoms with Crippen LogP contribution in [0, 0.1) is 19.3 Å². The summed E-state index contributed by atoms with van der Waals surface area (Å²) in [5.41, 5.74) is 6.93. The maximum absolute atomic E-state index is 14.2. The first-order valence-electron chi connectivity index (χ1n) is 26.3. The number of pyridine rings is 2. The minimum absolute atomic E-state index is 0.00478. The molecule has 75 heavy (non-hydrogen) atoms. The highest BCUT2D eigenvalue weighted by atomic mass is 32.1. The van der Waals surface area contributed by atoms with Crippen LogP contribution >= 0.6 is 11.3 Å². The monoisotopic (exact) mass is 1040 g/mol. The second-order valence-corrected chi connectivity index (χ2v) is 22.6. The number of fused-ring (bicyclic) bond motifs is 1. The van der Waals surface area contributed by atoms with Crippen LogP contribution in [-0.2, 0) is 32.1 Å². The Bertz CT molecular complexity index is 2970. The van der Waals surface area contributed by atoms with Crippen molar-refractivity contribution in [2.75, 3.05) is 76.9 Å². The van der Waals surface area contributed by atoms with Crippen LogP contribution in [0.15, 0.2) is 59.1 Å². The van der Waals surface area contributed by atoms with Crippen molar-refractivity contribution in [2.45, 2.75) is 111 Å². The summed E-state index contributed by atoms with van der Waals surface area (Å²) < 4.78 is 1.73. The van der Waals surface area contributed by atoms with Gasteiger partial charge in [0, 0.05) is 95.2 Å². The number of amides is 4. The van der Waals surface area contributed by atoms with Crippen LogP contribution in [0.25, 0.3) is 21.5 Å². The van der Waals surface area contributed by atoms with Crippen LogP contribution in [0.4, 0.5) is 5.69 Å². The number of benzene rings is 1. The number of β-amino-alcohol motifs (C(OH)–C–C–N with tert-alkyl or cyclic N) is 1. The second-order valence-electron chi connectivity index (χ2n) is 21.7. The highest BCUT2D eigenvalue weighted by Gasteiger charge is 2.44. The average molecular weight is 1040 g/mol. The topological polar surface area (TPSA) is 219 Å². The number of nitrogens with one attached hydrogen (secondary N) is 2. The SMILES string of the molecule is CC(=O)c1c(C)c2cnc(Cc3ccc(N4CCN(C(=O)CN5CCN(CC(=O)N[C@H](C(=O)N6C[C@H](O)C[C@H]6C(=O)NCc6ccc(-c7scnc7C)cc6)C(C)(C)C)CC5)CC4)cn3)nc2n(C2CCCC2)c1=O. The molecule has 0 spiro atoms. The maximum atomic E-state index is 14.2. The van der Waals surface area contributed by atoms with Gasteiger partial charge >= 0.3 is 0 Å². The molecule has 3 saturated heterocycles. The minimum Gasteiger partial charge on any atom is -0.391 e. The van der Waals surface area contributed by atoms with Crippen LogP contribution in [0.3, 0.4) is 0 Å². The van der Waals surface area contributed by atoms with E-state index in [4.69, 9.17) is 9.97 Å². The maximum Gasteiger partial charge on any atom is 0.263 e. The van der Waals surface area contributed by atoms with Crippen molar-refractivity contribution in [1.82, 2.24) is 54.7 Å². The number of anilines is 1. The first-order chi connectivity index (χ1) is 35.9. The standard InChI is InChI=1S/C55H70N12O7S/c1-34-43-29-57-45(60-51(43)67(40-9-7-8-10-40)53(73)48(34)36(3)68)25-39-15-16-41(28-56-39)64-21-23-65(24-22-64)47(71)32-63-19-17-62(18-20-63)31-46(70)61-50(55(4,5)6)54(74)66-30-42(69)26-44(66)52(72)58-27-37-11-13-38(14-12-37)49-35(2)59-33-75-49/h11-16,28-29,33,40,42,44,50,69H,7-10,17-27,30-32H2,1-6H3,(H,58,72)(H,61,70)/t42-,44+,50-/m1/s1. The van der Waals surface area contributed by atoms with Crippen molar-refractivity contribution in [3.8, 4) is 10.4 Å². The fourth-order valence-corrected chi connectivity index (χ4v) is 11.9. The van der Waals surface area contributed by atoms with E-state index < -0.39 is 29.5 Å². The fraction of sp³-hybridized carbons (Fsp3) is 0.527. The number of hydrogen-bond donors (Lipinski definition) is 3. The molecule has 1 aliphatic carbocycles. The van der Waals surface area contributed by atoms with Gasteiger partial charge in [0.1, 0.15) is 23.6 Å². The zero-order valence-corrected chi connectivity index (χ0v) is 44.8. The molecule has 4 fully saturated rings. The number of carbonyl (C=O) groups excluding carboxylic acids is 5. The summed E-state index contributed by atoms with van der Waals surface area (Å²) in [5, 5.41) is 17.3. The molecule has 3 aliphatic heterocycles. The van der Waals surface area contributed by atoms with E-state index >= 15 is 0 Å². The lowest BCUT2D eigenvalue weighted by Crippen LogP contribution is -2.59. The zero-order valence-electron chi connectivity index (χ0n) is 44.0. The Labute approximate surface area is 441 Å². The molecular formula is C55H70N12O7S. The molecule has 1 saturated carbocycles. The lowest BCUT2D eigenvalue weighted by molar-refractivity contribution is -0.144. The van der Waals surface area contributed by atoms with Gasteiger partial charge in [-0.15, -0.1) is 11.3 Å². The lowest BCUT2D eigenvalue weighted by Gasteiger charge is -2.39. The highest BCUT2D eigenvalue weighted by Crippen LogP contribution is 2.33. The number of hydrogen-bond acceptors (Lipinski definition) is 15. The molecule has 3 N–H and O–H groups in total. The molecule has 19 nitrogen and oxygen atoms in total. The number of thiazole rings is 1. The lowest BCUT2D eigenvalue weighted by atomic mass is 9.85. The van der Waals surface area contributed by atoms with E-state index in [2.05, 4.69) is 30.4 Å².